The number of benzene rings is 1. The Balaban J connectivity index is 1.40. The quantitative estimate of drug-likeness (QED) is 0.678. The Morgan fingerprint density at radius 1 is 1.22 bits per heavy atom. The van der Waals surface area contributed by atoms with Gasteiger partial charge in [-0.2, -0.15) is 0 Å². The molecule has 0 saturated heterocycles. The van der Waals surface area contributed by atoms with Crippen molar-refractivity contribution >= 4 is 11.6 Å². The lowest BCUT2D eigenvalue weighted by Crippen LogP contribution is -2.26. The second kappa shape index (κ2) is 6.46. The van der Waals surface area contributed by atoms with Crippen LogP contribution in [0.5, 0.6) is 0 Å². The molecule has 140 valence electrons. The average Bonchev–Trinajstić information content (AvgIpc) is 3.28. The minimum Gasteiger partial charge on any atom is -0.361 e. The van der Waals surface area contributed by atoms with Crippen molar-refractivity contribution in [3.63, 3.8) is 0 Å². The van der Waals surface area contributed by atoms with E-state index in [-0.39, 0.29) is 4.87 Å². The van der Waals surface area contributed by atoms with Gasteiger partial charge in [0.25, 0.3) is 0 Å². The maximum absolute atomic E-state index is 7.13. The normalized spacial score (nSPS) is 24.9. The van der Waals surface area contributed by atoms with Gasteiger partial charge in [-0.15, -0.1) is 21.8 Å². The number of rotatable bonds is 2. The number of aromatic nitrogens is 4. The molecular weight excluding hydrogens is 362 g/mol. The number of halogens is 1. The molecule has 2 aromatic heterocycles. The molecule has 3 heterocycles. The van der Waals surface area contributed by atoms with Crippen LogP contribution in [0.1, 0.15) is 60.0 Å². The van der Waals surface area contributed by atoms with Crippen LogP contribution in [0.15, 0.2) is 35.1 Å². The Kier molecular flexibility index (Phi) is 4.06. The van der Waals surface area contributed by atoms with Crippen LogP contribution in [0.2, 0.25) is 0 Å². The molecule has 1 fully saturated rings. The summed E-state index contributed by atoms with van der Waals surface area (Å²) in [5.74, 6) is 2.25. The van der Waals surface area contributed by atoms with Gasteiger partial charge in [-0.3, -0.25) is 4.57 Å². The number of hydrogen-bond acceptors (Lipinski definition) is 5. The first-order valence-corrected chi connectivity index (χ1v) is 9.86. The highest BCUT2D eigenvalue weighted by Crippen LogP contribution is 2.48. The average molecular weight is 384 g/mol. The molecular formula is C20H22ClN5O. The van der Waals surface area contributed by atoms with E-state index in [9.17, 15) is 0 Å². The minimum atomic E-state index is -0.313. The molecule has 0 amide bonds. The van der Waals surface area contributed by atoms with Crippen molar-refractivity contribution in [2.24, 2.45) is 0 Å². The summed E-state index contributed by atoms with van der Waals surface area (Å²) >= 11 is 7.13. The van der Waals surface area contributed by atoms with E-state index in [1.165, 1.54) is 11.1 Å². The third-order valence-corrected chi connectivity index (χ3v) is 6.51. The fourth-order valence-electron chi connectivity index (χ4n) is 4.37. The molecule has 5 rings (SSSR count). The molecule has 1 aliphatic carbocycles. The molecule has 0 unspecified atom stereocenters. The second-order valence-electron chi connectivity index (χ2n) is 7.67. The molecule has 1 N–H and O–H groups in total. The Labute approximate surface area is 162 Å². The lowest BCUT2D eigenvalue weighted by atomic mass is 9.76. The van der Waals surface area contributed by atoms with E-state index in [1.807, 2.05) is 6.92 Å². The molecule has 7 heteroatoms. The summed E-state index contributed by atoms with van der Waals surface area (Å²) in [6.07, 6.45) is 5.72. The highest BCUT2D eigenvalue weighted by molar-refractivity contribution is 6.24. The fourth-order valence-corrected chi connectivity index (χ4v) is 4.70. The van der Waals surface area contributed by atoms with Crippen molar-refractivity contribution in [2.75, 3.05) is 0 Å². The van der Waals surface area contributed by atoms with Crippen molar-refractivity contribution in [3.8, 4) is 5.69 Å². The summed E-state index contributed by atoms with van der Waals surface area (Å²) < 4.78 is 7.31. The maximum atomic E-state index is 7.13. The summed E-state index contributed by atoms with van der Waals surface area (Å²) in [4.78, 5) is -0.313. The predicted molar refractivity (Wildman–Crippen MR) is 102 cm³/mol. The first kappa shape index (κ1) is 17.0. The van der Waals surface area contributed by atoms with E-state index in [0.29, 0.717) is 5.92 Å². The maximum Gasteiger partial charge on any atom is 0.151 e. The number of nitrogens with zero attached hydrogens (tertiary/aromatic N) is 4. The molecule has 27 heavy (non-hydrogen) atoms. The zero-order chi connectivity index (χ0) is 18.4. The zero-order valence-corrected chi connectivity index (χ0v) is 16.0. The van der Waals surface area contributed by atoms with Crippen molar-refractivity contribution < 1.29 is 4.52 Å². The number of nitrogens with one attached hydrogen (secondary N) is 1. The Hall–Kier alpha value is -2.18. The second-order valence-corrected chi connectivity index (χ2v) is 8.39. The summed E-state index contributed by atoms with van der Waals surface area (Å²) in [7, 11) is 0. The molecule has 0 bridgehead atoms. The predicted octanol–water partition coefficient (Wildman–Crippen LogP) is 3.96. The summed E-state index contributed by atoms with van der Waals surface area (Å²) in [6, 6.07) is 8.63. The highest BCUT2D eigenvalue weighted by atomic mass is 35.5. The van der Waals surface area contributed by atoms with Gasteiger partial charge in [0.1, 0.15) is 12.1 Å². The molecule has 1 saturated carbocycles. The van der Waals surface area contributed by atoms with E-state index in [4.69, 9.17) is 16.1 Å². The van der Waals surface area contributed by atoms with Gasteiger partial charge in [0.2, 0.25) is 0 Å². The third kappa shape index (κ3) is 2.97. The van der Waals surface area contributed by atoms with E-state index in [1.54, 1.807) is 6.33 Å². The SMILES string of the molecule is Cc1cc(C2CCC(Cl)(c3ccc4c(c3)CNCc3nncn3-4)CC2)no1. The van der Waals surface area contributed by atoms with Crippen LogP contribution in [0.25, 0.3) is 5.69 Å². The monoisotopic (exact) mass is 383 g/mol. The van der Waals surface area contributed by atoms with Crippen LogP contribution in [0.3, 0.4) is 0 Å². The number of alkyl halides is 1. The van der Waals surface area contributed by atoms with Gasteiger partial charge in [-0.25, -0.2) is 0 Å². The third-order valence-electron chi connectivity index (χ3n) is 5.92. The van der Waals surface area contributed by atoms with Gasteiger partial charge in [0, 0.05) is 18.5 Å². The molecule has 0 radical (unpaired) electrons. The zero-order valence-electron chi connectivity index (χ0n) is 15.3. The molecule has 3 aromatic rings. The summed E-state index contributed by atoms with van der Waals surface area (Å²) in [5, 5.41) is 15.9. The number of aryl methyl sites for hydroxylation is 1. The largest absolute Gasteiger partial charge is 0.361 e. The van der Waals surface area contributed by atoms with Gasteiger partial charge in [-0.05, 0) is 49.8 Å². The van der Waals surface area contributed by atoms with Crippen LogP contribution in [-0.2, 0) is 18.0 Å². The molecule has 1 aliphatic heterocycles. The van der Waals surface area contributed by atoms with E-state index in [0.717, 1.165) is 61.7 Å². The van der Waals surface area contributed by atoms with Crippen molar-refractivity contribution in [1.82, 2.24) is 25.2 Å². The van der Waals surface area contributed by atoms with E-state index in [2.05, 4.69) is 49.5 Å². The van der Waals surface area contributed by atoms with Crippen LogP contribution in [0, 0.1) is 6.92 Å². The van der Waals surface area contributed by atoms with E-state index < -0.39 is 0 Å². The Morgan fingerprint density at radius 3 is 2.85 bits per heavy atom. The first-order chi connectivity index (χ1) is 13.1. The van der Waals surface area contributed by atoms with Crippen LogP contribution < -0.4 is 5.32 Å². The Morgan fingerprint density at radius 2 is 2.07 bits per heavy atom. The van der Waals surface area contributed by atoms with Gasteiger partial charge in [0.05, 0.1) is 22.8 Å². The van der Waals surface area contributed by atoms with Gasteiger partial charge < -0.3 is 9.84 Å². The topological polar surface area (TPSA) is 68.8 Å². The van der Waals surface area contributed by atoms with Crippen molar-refractivity contribution in [2.45, 2.75) is 56.5 Å². The summed E-state index contributed by atoms with van der Waals surface area (Å²) in [6.45, 7) is 3.46. The smallest absolute Gasteiger partial charge is 0.151 e. The van der Waals surface area contributed by atoms with Gasteiger partial charge >= 0.3 is 0 Å². The fraction of sp³-hybridized carbons (Fsp3) is 0.450. The lowest BCUT2D eigenvalue weighted by Gasteiger charge is -2.35. The number of hydrogen-bond donors (Lipinski definition) is 1. The molecule has 0 atom stereocenters. The van der Waals surface area contributed by atoms with Crippen LogP contribution >= 0.6 is 11.6 Å². The van der Waals surface area contributed by atoms with Crippen LogP contribution in [0.4, 0.5) is 0 Å². The number of fused-ring (bicyclic) bond motifs is 3. The minimum absolute atomic E-state index is 0.313. The van der Waals surface area contributed by atoms with Gasteiger partial charge in [-0.1, -0.05) is 17.3 Å². The van der Waals surface area contributed by atoms with Crippen molar-refractivity contribution in [3.05, 3.63) is 59.0 Å². The molecule has 0 spiro atoms. The lowest BCUT2D eigenvalue weighted by molar-refractivity contribution is 0.334. The molecule has 2 aliphatic rings. The first-order valence-electron chi connectivity index (χ1n) is 9.48. The van der Waals surface area contributed by atoms with Gasteiger partial charge in [0.15, 0.2) is 5.82 Å². The Bertz CT molecular complexity index is 970. The summed E-state index contributed by atoms with van der Waals surface area (Å²) in [5.41, 5.74) is 4.64. The highest BCUT2D eigenvalue weighted by Gasteiger charge is 2.36. The molecule has 6 nitrogen and oxygen atoms in total. The van der Waals surface area contributed by atoms with E-state index >= 15 is 0 Å². The van der Waals surface area contributed by atoms with Crippen molar-refractivity contribution in [1.29, 1.82) is 0 Å². The van der Waals surface area contributed by atoms with Crippen LogP contribution in [-0.4, -0.2) is 19.9 Å². The standard InChI is InChI=1S/C20H22ClN5O/c1-13-8-17(25-27-13)14-4-6-20(21,7-5-14)16-2-3-18-15(9-16)10-22-11-19-24-23-12-26(18)19/h2-3,8-9,12,14,22H,4-7,10-11H2,1H3. The molecule has 1 aromatic carbocycles.